The predicted octanol–water partition coefficient (Wildman–Crippen LogP) is 2.36. The predicted molar refractivity (Wildman–Crippen MR) is 96.1 cm³/mol. The fourth-order valence-electron chi connectivity index (χ4n) is 4.82. The second kappa shape index (κ2) is 5.25. The normalized spacial score (nSPS) is 28.0. The number of aromatic nitrogens is 1. The van der Waals surface area contributed by atoms with Crippen molar-refractivity contribution in [2.75, 3.05) is 49.1 Å². The Kier molecular flexibility index (Phi) is 3.24. The fourth-order valence-corrected chi connectivity index (χ4v) is 4.82. The van der Waals surface area contributed by atoms with Crippen LogP contribution >= 0.6 is 0 Å². The topological polar surface area (TPSA) is 31.8 Å². The molecule has 2 saturated heterocycles. The van der Waals surface area contributed by atoms with E-state index in [2.05, 4.69) is 40.8 Å². The Morgan fingerprint density at radius 1 is 1.25 bits per heavy atom. The van der Waals surface area contributed by atoms with Gasteiger partial charge in [-0.25, -0.2) is 4.98 Å². The van der Waals surface area contributed by atoms with Gasteiger partial charge in [-0.15, -0.1) is 0 Å². The van der Waals surface area contributed by atoms with Crippen molar-refractivity contribution in [3.8, 4) is 5.75 Å². The van der Waals surface area contributed by atoms with Crippen molar-refractivity contribution in [2.24, 2.45) is 5.41 Å². The van der Waals surface area contributed by atoms with Gasteiger partial charge in [-0.1, -0.05) is 6.42 Å². The molecule has 3 aliphatic heterocycles. The molecule has 1 atom stereocenters. The Bertz CT molecular complexity index is 634. The van der Waals surface area contributed by atoms with E-state index in [-0.39, 0.29) is 0 Å². The number of ether oxygens (including phenoxy) is 1. The Morgan fingerprint density at radius 3 is 2.79 bits per heavy atom. The zero-order chi connectivity index (χ0) is 16.3. The zero-order valence-corrected chi connectivity index (χ0v) is 14.9. The van der Waals surface area contributed by atoms with Crippen LogP contribution in [0.25, 0.3) is 0 Å². The van der Waals surface area contributed by atoms with E-state index in [1.807, 2.05) is 0 Å². The molecule has 1 aromatic heterocycles. The van der Waals surface area contributed by atoms with Crippen LogP contribution in [-0.2, 0) is 0 Å². The number of piperazine rings is 1. The summed E-state index contributed by atoms with van der Waals surface area (Å²) >= 11 is 0. The minimum atomic E-state index is 0.439. The van der Waals surface area contributed by atoms with Crippen molar-refractivity contribution >= 4 is 11.5 Å². The van der Waals surface area contributed by atoms with Crippen LogP contribution in [0.3, 0.4) is 0 Å². The third-order valence-electron chi connectivity index (χ3n) is 6.60. The summed E-state index contributed by atoms with van der Waals surface area (Å²) in [7, 11) is 0. The Balaban J connectivity index is 1.32. The number of anilines is 2. The van der Waals surface area contributed by atoms with Crippen LogP contribution in [0.4, 0.5) is 11.5 Å². The minimum absolute atomic E-state index is 0.439. The lowest BCUT2D eigenvalue weighted by atomic mass is 9.63. The molecule has 0 bridgehead atoms. The second-order valence-corrected chi connectivity index (χ2v) is 8.47. The summed E-state index contributed by atoms with van der Waals surface area (Å²) in [6.07, 6.45) is 6.31. The monoisotopic (exact) mass is 328 g/mol. The third kappa shape index (κ3) is 2.20. The van der Waals surface area contributed by atoms with E-state index in [1.54, 1.807) is 0 Å². The van der Waals surface area contributed by atoms with Gasteiger partial charge in [0.15, 0.2) is 11.6 Å². The highest BCUT2D eigenvalue weighted by Gasteiger charge is 2.47. The lowest BCUT2D eigenvalue weighted by Gasteiger charge is -2.57. The van der Waals surface area contributed by atoms with Crippen molar-refractivity contribution < 1.29 is 4.74 Å². The molecule has 1 aromatic rings. The van der Waals surface area contributed by atoms with Gasteiger partial charge in [0.1, 0.15) is 6.61 Å². The average Bonchev–Trinajstić information content (AvgIpc) is 2.51. The minimum Gasteiger partial charge on any atom is -0.487 e. The second-order valence-electron chi connectivity index (χ2n) is 8.47. The number of hydrogen-bond donors (Lipinski definition) is 0. The number of pyridine rings is 1. The average molecular weight is 328 g/mol. The molecule has 24 heavy (non-hydrogen) atoms. The van der Waals surface area contributed by atoms with Crippen molar-refractivity contribution in [2.45, 2.75) is 45.2 Å². The lowest BCUT2D eigenvalue weighted by molar-refractivity contribution is 0.0902. The van der Waals surface area contributed by atoms with Crippen LogP contribution in [0, 0.1) is 5.41 Å². The molecule has 0 aromatic carbocycles. The van der Waals surface area contributed by atoms with Gasteiger partial charge in [-0.2, -0.15) is 0 Å². The first-order chi connectivity index (χ1) is 11.6. The SMILES string of the molecule is CC(C)N1CCN2c3ncc(N4CC5(CCC5)C4)cc3OC[C@H]2C1. The molecule has 0 radical (unpaired) electrons. The van der Waals surface area contributed by atoms with Crippen LogP contribution in [0.2, 0.25) is 0 Å². The van der Waals surface area contributed by atoms with Crippen LogP contribution < -0.4 is 14.5 Å². The molecule has 5 heteroatoms. The van der Waals surface area contributed by atoms with E-state index in [4.69, 9.17) is 9.72 Å². The van der Waals surface area contributed by atoms with Crippen LogP contribution in [0.15, 0.2) is 12.3 Å². The van der Waals surface area contributed by atoms with Crippen molar-refractivity contribution in [1.82, 2.24) is 9.88 Å². The first-order valence-corrected chi connectivity index (χ1v) is 9.52. The molecule has 130 valence electrons. The molecule has 5 nitrogen and oxygen atoms in total. The van der Waals surface area contributed by atoms with E-state index in [1.165, 1.54) is 38.0 Å². The molecule has 0 N–H and O–H groups in total. The quantitative estimate of drug-likeness (QED) is 0.832. The van der Waals surface area contributed by atoms with Crippen molar-refractivity contribution in [3.05, 3.63) is 12.3 Å². The zero-order valence-electron chi connectivity index (χ0n) is 14.9. The maximum Gasteiger partial charge on any atom is 0.171 e. The smallest absolute Gasteiger partial charge is 0.171 e. The van der Waals surface area contributed by atoms with Crippen LogP contribution in [-0.4, -0.2) is 61.3 Å². The number of nitrogens with zero attached hydrogens (tertiary/aromatic N) is 4. The van der Waals surface area contributed by atoms with E-state index in [0.717, 1.165) is 37.8 Å². The van der Waals surface area contributed by atoms with Gasteiger partial charge in [-0.3, -0.25) is 4.90 Å². The molecule has 1 aliphatic carbocycles. The summed E-state index contributed by atoms with van der Waals surface area (Å²) in [4.78, 5) is 12.3. The third-order valence-corrected chi connectivity index (χ3v) is 6.60. The summed E-state index contributed by atoms with van der Waals surface area (Å²) in [5.41, 5.74) is 1.89. The Labute approximate surface area is 144 Å². The fraction of sp³-hybridized carbons (Fsp3) is 0.737. The van der Waals surface area contributed by atoms with Gasteiger partial charge in [0, 0.05) is 50.2 Å². The summed E-state index contributed by atoms with van der Waals surface area (Å²) in [6.45, 7) is 11.0. The number of fused-ring (bicyclic) bond motifs is 3. The molecular formula is C19H28N4O. The Morgan fingerprint density at radius 2 is 2.08 bits per heavy atom. The maximum atomic E-state index is 6.12. The van der Waals surface area contributed by atoms with E-state index >= 15 is 0 Å². The van der Waals surface area contributed by atoms with Gasteiger partial charge in [0.25, 0.3) is 0 Å². The molecule has 3 fully saturated rings. The molecule has 1 saturated carbocycles. The summed E-state index contributed by atoms with van der Waals surface area (Å²) < 4.78 is 6.12. The maximum absolute atomic E-state index is 6.12. The first kappa shape index (κ1) is 14.8. The van der Waals surface area contributed by atoms with Crippen LogP contribution in [0.1, 0.15) is 33.1 Å². The van der Waals surface area contributed by atoms with Gasteiger partial charge in [0.05, 0.1) is 17.9 Å². The van der Waals surface area contributed by atoms with E-state index in [9.17, 15) is 0 Å². The van der Waals surface area contributed by atoms with Gasteiger partial charge >= 0.3 is 0 Å². The number of rotatable bonds is 2. The summed E-state index contributed by atoms with van der Waals surface area (Å²) in [6, 6.07) is 3.27. The van der Waals surface area contributed by atoms with Gasteiger partial charge in [-0.05, 0) is 26.7 Å². The molecular weight excluding hydrogens is 300 g/mol. The highest BCUT2D eigenvalue weighted by molar-refractivity contribution is 5.63. The highest BCUT2D eigenvalue weighted by atomic mass is 16.5. The largest absolute Gasteiger partial charge is 0.487 e. The molecule has 0 unspecified atom stereocenters. The highest BCUT2D eigenvalue weighted by Crippen LogP contribution is 2.50. The summed E-state index contributed by atoms with van der Waals surface area (Å²) in [5.74, 6) is 2.04. The van der Waals surface area contributed by atoms with E-state index in [0.29, 0.717) is 17.5 Å². The van der Waals surface area contributed by atoms with Gasteiger partial charge < -0.3 is 14.5 Å². The van der Waals surface area contributed by atoms with Gasteiger partial charge in [0.2, 0.25) is 0 Å². The van der Waals surface area contributed by atoms with Crippen molar-refractivity contribution in [1.29, 1.82) is 0 Å². The molecule has 4 aliphatic rings. The standard InChI is InChI=1S/C19H28N4O/c1-14(2)21-6-7-23-16(10-21)11-24-17-8-15(9-20-18(17)23)22-12-19(13-22)4-3-5-19/h8-9,14,16H,3-7,10-13H2,1-2H3/t16-/m1/s1. The molecule has 0 amide bonds. The van der Waals surface area contributed by atoms with Crippen molar-refractivity contribution in [3.63, 3.8) is 0 Å². The number of hydrogen-bond acceptors (Lipinski definition) is 5. The van der Waals surface area contributed by atoms with Crippen LogP contribution in [0.5, 0.6) is 5.75 Å². The lowest BCUT2D eigenvalue weighted by Crippen LogP contribution is -2.60. The van der Waals surface area contributed by atoms with E-state index < -0.39 is 0 Å². The molecule has 1 spiro atoms. The molecule has 5 rings (SSSR count). The first-order valence-electron chi connectivity index (χ1n) is 9.52. The summed E-state index contributed by atoms with van der Waals surface area (Å²) in [5, 5.41) is 0. The molecule has 4 heterocycles. The Hall–Kier alpha value is -1.49.